The fraction of sp³-hybridized carbons (Fsp3) is 0.0476. The Hall–Kier alpha value is -3.23. The molecule has 6 nitrogen and oxygen atoms in total. The zero-order valence-electron chi connectivity index (χ0n) is 15.5. The molecular weight excluding hydrogens is 406 g/mol. The third kappa shape index (κ3) is 5.63. The number of aryl methyl sites for hydroxylation is 1. The predicted octanol–water partition coefficient (Wildman–Crippen LogP) is 3.92. The zero-order valence-corrected chi connectivity index (χ0v) is 17.2. The summed E-state index contributed by atoms with van der Waals surface area (Å²) in [6.45, 7) is 2.00. The lowest BCUT2D eigenvalue weighted by atomic mass is 10.2. The van der Waals surface area contributed by atoms with Crippen molar-refractivity contribution in [3.63, 3.8) is 0 Å². The minimum absolute atomic E-state index is 0.0234. The van der Waals surface area contributed by atoms with E-state index in [0.717, 1.165) is 11.3 Å². The lowest BCUT2D eigenvalue weighted by molar-refractivity contribution is 0.0981. The fourth-order valence-corrected chi connectivity index (χ4v) is 3.69. The number of hydrogen-bond acceptors (Lipinski definition) is 4. The summed E-state index contributed by atoms with van der Waals surface area (Å²) < 4.78 is 26.9. The summed E-state index contributed by atoms with van der Waals surface area (Å²) in [7, 11) is -3.98. The van der Waals surface area contributed by atoms with Gasteiger partial charge in [0.25, 0.3) is 15.9 Å². The number of hydrogen-bond donors (Lipinski definition) is 3. The van der Waals surface area contributed by atoms with E-state index in [1.165, 1.54) is 12.1 Å². The van der Waals surface area contributed by atoms with E-state index in [2.05, 4.69) is 15.4 Å². The topological polar surface area (TPSA) is 87.3 Å². The van der Waals surface area contributed by atoms with Gasteiger partial charge < -0.3 is 10.6 Å². The number of nitrogens with one attached hydrogen (secondary N) is 3. The second-order valence-corrected chi connectivity index (χ2v) is 8.36. The number of carbonyl (C=O) groups is 1. The van der Waals surface area contributed by atoms with Crippen LogP contribution in [-0.4, -0.2) is 19.4 Å². The van der Waals surface area contributed by atoms with Crippen LogP contribution in [0.15, 0.2) is 83.8 Å². The molecule has 0 atom stereocenters. The molecule has 0 spiro atoms. The molecule has 3 N–H and O–H groups in total. The molecule has 0 unspecified atom stereocenters. The van der Waals surface area contributed by atoms with E-state index < -0.39 is 15.9 Å². The average Bonchev–Trinajstić information content (AvgIpc) is 2.70. The van der Waals surface area contributed by atoms with Crippen molar-refractivity contribution in [2.45, 2.75) is 11.8 Å². The molecule has 3 aromatic carbocycles. The molecule has 8 heteroatoms. The average molecular weight is 426 g/mol. The Kier molecular flexibility index (Phi) is 6.26. The summed E-state index contributed by atoms with van der Waals surface area (Å²) in [5.41, 5.74) is 2.87. The molecule has 0 aromatic heterocycles. The van der Waals surface area contributed by atoms with Gasteiger partial charge in [-0.15, -0.1) is 0 Å². The number of benzene rings is 3. The summed E-state index contributed by atoms with van der Waals surface area (Å²) in [5.74, 6) is -0.684. The fourth-order valence-electron chi connectivity index (χ4n) is 2.48. The highest BCUT2D eigenvalue weighted by atomic mass is 32.2. The molecule has 29 heavy (non-hydrogen) atoms. The Morgan fingerprint density at radius 1 is 0.793 bits per heavy atom. The van der Waals surface area contributed by atoms with Crippen molar-refractivity contribution in [1.29, 1.82) is 0 Å². The first kappa shape index (κ1) is 20.5. The number of amides is 1. The maximum atomic E-state index is 12.4. The summed E-state index contributed by atoms with van der Waals surface area (Å²) >= 11 is 5.27. The maximum Gasteiger partial charge on any atom is 0.264 e. The molecule has 0 saturated heterocycles. The lowest BCUT2D eigenvalue weighted by Gasteiger charge is -2.12. The molecule has 0 heterocycles. The van der Waals surface area contributed by atoms with Crippen molar-refractivity contribution >= 4 is 44.6 Å². The molecule has 0 aliphatic rings. The van der Waals surface area contributed by atoms with E-state index in [1.54, 1.807) is 42.5 Å². The second kappa shape index (κ2) is 8.85. The third-order valence-corrected chi connectivity index (χ3v) is 5.55. The predicted molar refractivity (Wildman–Crippen MR) is 119 cm³/mol. The van der Waals surface area contributed by atoms with Gasteiger partial charge in [0.05, 0.1) is 4.90 Å². The van der Waals surface area contributed by atoms with Crippen LogP contribution in [0.1, 0.15) is 15.9 Å². The largest absolute Gasteiger partial charge is 0.332 e. The molecule has 0 aliphatic carbocycles. The van der Waals surface area contributed by atoms with Crippen LogP contribution in [0.4, 0.5) is 11.4 Å². The van der Waals surface area contributed by atoms with Gasteiger partial charge in [-0.2, -0.15) is 0 Å². The van der Waals surface area contributed by atoms with Gasteiger partial charge >= 0.3 is 0 Å². The highest BCUT2D eigenvalue weighted by molar-refractivity contribution is 7.90. The van der Waals surface area contributed by atoms with Crippen LogP contribution >= 0.6 is 12.2 Å². The SMILES string of the molecule is Cc1ccc(NC(=S)Nc2ccc(S(=O)(=O)NC(=O)c3ccccc3)cc2)cc1. The standard InChI is InChI=1S/C21H19N3O3S2/c1-15-7-9-17(10-8-15)22-21(28)23-18-11-13-19(14-12-18)29(26,27)24-20(25)16-5-3-2-4-6-16/h2-14H,1H3,(H,24,25)(H2,22,23,28). The Morgan fingerprint density at radius 2 is 1.31 bits per heavy atom. The van der Waals surface area contributed by atoms with Gasteiger partial charge in [0.1, 0.15) is 0 Å². The first-order valence-electron chi connectivity index (χ1n) is 8.70. The van der Waals surface area contributed by atoms with Crippen LogP contribution in [-0.2, 0) is 10.0 Å². The molecule has 0 fully saturated rings. The molecule has 0 aliphatic heterocycles. The zero-order chi connectivity index (χ0) is 20.9. The quantitative estimate of drug-likeness (QED) is 0.537. The van der Waals surface area contributed by atoms with Crippen LogP contribution in [0.25, 0.3) is 0 Å². The molecule has 0 bridgehead atoms. The monoisotopic (exact) mass is 425 g/mol. The van der Waals surface area contributed by atoms with E-state index in [0.29, 0.717) is 10.8 Å². The van der Waals surface area contributed by atoms with Crippen LogP contribution in [0.2, 0.25) is 0 Å². The van der Waals surface area contributed by atoms with Crippen molar-refractivity contribution in [3.8, 4) is 0 Å². The third-order valence-electron chi connectivity index (χ3n) is 3.99. The summed E-state index contributed by atoms with van der Waals surface area (Å²) in [6, 6.07) is 21.9. The molecule has 0 radical (unpaired) electrons. The van der Waals surface area contributed by atoms with Crippen LogP contribution in [0.3, 0.4) is 0 Å². The minimum Gasteiger partial charge on any atom is -0.332 e. The van der Waals surface area contributed by atoms with Gasteiger partial charge in [0.2, 0.25) is 0 Å². The molecule has 148 valence electrons. The lowest BCUT2D eigenvalue weighted by Crippen LogP contribution is -2.30. The number of thiocarbonyl (C=S) groups is 1. The van der Waals surface area contributed by atoms with E-state index in [1.807, 2.05) is 31.2 Å². The van der Waals surface area contributed by atoms with Crippen molar-refractivity contribution in [2.75, 3.05) is 10.6 Å². The Labute approximate surface area is 175 Å². The van der Waals surface area contributed by atoms with E-state index >= 15 is 0 Å². The van der Waals surface area contributed by atoms with Crippen molar-refractivity contribution < 1.29 is 13.2 Å². The van der Waals surface area contributed by atoms with Crippen LogP contribution in [0.5, 0.6) is 0 Å². The van der Waals surface area contributed by atoms with Crippen molar-refractivity contribution in [3.05, 3.63) is 90.0 Å². The Balaban J connectivity index is 1.63. The van der Waals surface area contributed by atoms with Crippen LogP contribution < -0.4 is 15.4 Å². The summed E-state index contributed by atoms with van der Waals surface area (Å²) in [5, 5.41) is 6.42. The highest BCUT2D eigenvalue weighted by Crippen LogP contribution is 2.16. The van der Waals surface area contributed by atoms with E-state index in [9.17, 15) is 13.2 Å². The normalized spacial score (nSPS) is 10.8. The van der Waals surface area contributed by atoms with E-state index in [-0.39, 0.29) is 10.5 Å². The summed E-state index contributed by atoms with van der Waals surface area (Å²) in [6.07, 6.45) is 0. The van der Waals surface area contributed by atoms with Gasteiger partial charge in [0, 0.05) is 16.9 Å². The first-order valence-corrected chi connectivity index (χ1v) is 10.6. The van der Waals surface area contributed by atoms with Crippen molar-refractivity contribution in [2.24, 2.45) is 0 Å². The molecule has 3 rings (SSSR count). The maximum absolute atomic E-state index is 12.4. The second-order valence-electron chi connectivity index (χ2n) is 6.27. The molecule has 1 amide bonds. The Bertz CT molecular complexity index is 1110. The van der Waals surface area contributed by atoms with Gasteiger partial charge in [-0.3, -0.25) is 4.79 Å². The molecule has 3 aromatic rings. The molecule has 0 saturated carbocycles. The number of anilines is 2. The van der Waals surface area contributed by atoms with Gasteiger partial charge in [-0.25, -0.2) is 13.1 Å². The number of carbonyl (C=O) groups excluding carboxylic acids is 1. The molecular formula is C21H19N3O3S2. The Morgan fingerprint density at radius 3 is 1.86 bits per heavy atom. The van der Waals surface area contributed by atoms with Gasteiger partial charge in [0.15, 0.2) is 5.11 Å². The summed E-state index contributed by atoms with van der Waals surface area (Å²) in [4.78, 5) is 12.1. The number of rotatable bonds is 5. The number of sulfonamides is 1. The smallest absolute Gasteiger partial charge is 0.264 e. The van der Waals surface area contributed by atoms with Gasteiger partial charge in [-0.05, 0) is 67.7 Å². The van der Waals surface area contributed by atoms with Gasteiger partial charge in [-0.1, -0.05) is 35.9 Å². The minimum atomic E-state index is -3.98. The first-order chi connectivity index (χ1) is 13.8. The van der Waals surface area contributed by atoms with E-state index in [4.69, 9.17) is 12.2 Å². The van der Waals surface area contributed by atoms with Crippen molar-refractivity contribution in [1.82, 2.24) is 4.72 Å². The highest BCUT2D eigenvalue weighted by Gasteiger charge is 2.18. The van der Waals surface area contributed by atoms with Crippen LogP contribution in [0, 0.1) is 6.92 Å².